The van der Waals surface area contributed by atoms with Gasteiger partial charge in [0.1, 0.15) is 35.3 Å². The van der Waals surface area contributed by atoms with E-state index < -0.39 is 90.2 Å². The standard InChI is InChI=1S/C52H76N4O11S/c1-31(2)25-39-49(60)64-35(9)45(57)53(11)41(27-33(5)6)51(62)66-43(29-37-21-17-15-18-22-37)46(58)55(13)40(26-32(3)4)50(61)65-36(10)48(68)56(14)42(28-34(7)8)52(63)67-44(47(59)54(39)12)30-38-23-19-16-20-24-38/h15-24,31-36,39-44H,25-30H2,1-14H3/t35?,36?,39-,40-,41-,42-,43?,44?/m0/s1. The van der Waals surface area contributed by atoms with Crippen molar-refractivity contribution in [3.05, 3.63) is 71.8 Å². The van der Waals surface area contributed by atoms with E-state index in [1.807, 2.05) is 67.5 Å². The molecule has 16 heteroatoms. The van der Waals surface area contributed by atoms with Crippen molar-refractivity contribution < 1.29 is 52.5 Å². The van der Waals surface area contributed by atoms with E-state index in [9.17, 15) is 33.6 Å². The molecule has 0 saturated carbocycles. The first-order chi connectivity index (χ1) is 31.8. The minimum absolute atomic E-state index is 0.0293. The van der Waals surface area contributed by atoms with Crippen LogP contribution in [-0.4, -0.2) is 143 Å². The molecular formula is C52H76N4O11S. The van der Waals surface area contributed by atoms with Crippen molar-refractivity contribution in [2.45, 2.75) is 156 Å². The van der Waals surface area contributed by atoms with Crippen LogP contribution in [0.2, 0.25) is 0 Å². The van der Waals surface area contributed by atoms with Crippen molar-refractivity contribution in [3.8, 4) is 0 Å². The van der Waals surface area contributed by atoms with Crippen molar-refractivity contribution >= 4 is 58.8 Å². The Balaban J connectivity index is 2.25. The molecule has 376 valence electrons. The van der Waals surface area contributed by atoms with Crippen LogP contribution in [0.5, 0.6) is 0 Å². The molecule has 1 fully saturated rings. The first kappa shape index (κ1) is 56.9. The van der Waals surface area contributed by atoms with Crippen LogP contribution >= 0.6 is 12.2 Å². The largest absolute Gasteiger partial charge is 0.454 e. The highest BCUT2D eigenvalue weighted by Crippen LogP contribution is 2.24. The summed E-state index contributed by atoms with van der Waals surface area (Å²) < 4.78 is 24.1. The lowest BCUT2D eigenvalue weighted by molar-refractivity contribution is -0.174. The quantitative estimate of drug-likeness (QED) is 0.129. The second-order valence-corrected chi connectivity index (χ2v) is 20.2. The van der Waals surface area contributed by atoms with Crippen molar-refractivity contribution in [1.82, 2.24) is 19.6 Å². The van der Waals surface area contributed by atoms with Gasteiger partial charge in [-0.1, -0.05) is 128 Å². The number of thiocarbonyl (C=S) groups is 1. The molecule has 4 unspecified atom stereocenters. The molecule has 0 aliphatic carbocycles. The molecule has 15 nitrogen and oxygen atoms in total. The lowest BCUT2D eigenvalue weighted by Gasteiger charge is -2.36. The molecule has 0 spiro atoms. The van der Waals surface area contributed by atoms with Crippen LogP contribution in [0.4, 0.5) is 0 Å². The number of likely N-dealkylation sites (N-methyl/N-ethyl adjacent to an activating group) is 4. The fourth-order valence-electron chi connectivity index (χ4n) is 8.14. The maximum absolute atomic E-state index is 14.7. The summed E-state index contributed by atoms with van der Waals surface area (Å²) in [4.78, 5) is 106. The summed E-state index contributed by atoms with van der Waals surface area (Å²) in [5.74, 6) is -5.76. The van der Waals surface area contributed by atoms with Crippen LogP contribution in [-0.2, 0) is 65.4 Å². The van der Waals surface area contributed by atoms with Gasteiger partial charge in [0, 0.05) is 41.0 Å². The van der Waals surface area contributed by atoms with Crippen molar-refractivity contribution in [2.24, 2.45) is 23.7 Å². The maximum atomic E-state index is 14.7. The third kappa shape index (κ3) is 16.4. The molecule has 2 aromatic rings. The van der Waals surface area contributed by atoms with E-state index in [0.29, 0.717) is 11.1 Å². The molecule has 1 heterocycles. The summed E-state index contributed by atoms with van der Waals surface area (Å²) in [5.41, 5.74) is 1.37. The molecule has 0 bridgehead atoms. The fourth-order valence-corrected chi connectivity index (χ4v) is 8.31. The van der Waals surface area contributed by atoms with E-state index in [4.69, 9.17) is 31.2 Å². The number of esters is 4. The summed E-state index contributed by atoms with van der Waals surface area (Å²) in [6.45, 7) is 18.0. The number of hydrogen-bond acceptors (Lipinski definition) is 12. The molecular weight excluding hydrogens is 889 g/mol. The Bertz CT molecular complexity index is 1870. The van der Waals surface area contributed by atoms with E-state index in [-0.39, 0.29) is 67.2 Å². The number of hydrogen-bond donors (Lipinski definition) is 0. The lowest BCUT2D eigenvalue weighted by atomic mass is 10.00. The zero-order valence-corrected chi connectivity index (χ0v) is 43.4. The topological polar surface area (TPSA) is 169 Å². The molecule has 68 heavy (non-hydrogen) atoms. The molecule has 0 radical (unpaired) electrons. The van der Waals surface area contributed by atoms with Crippen LogP contribution < -0.4 is 0 Å². The predicted molar refractivity (Wildman–Crippen MR) is 263 cm³/mol. The molecule has 3 rings (SSSR count). The molecule has 8 atom stereocenters. The number of ether oxygens (including phenoxy) is 4. The maximum Gasteiger partial charge on any atom is 0.329 e. The number of benzene rings is 2. The number of carbonyl (C=O) groups is 7. The van der Waals surface area contributed by atoms with Gasteiger partial charge in [0.25, 0.3) is 17.7 Å². The molecule has 1 saturated heterocycles. The summed E-state index contributed by atoms with van der Waals surface area (Å²) in [7, 11) is 5.87. The Labute approximate surface area is 409 Å². The first-order valence-electron chi connectivity index (χ1n) is 23.8. The Kier molecular flexibility index (Phi) is 22.1. The highest BCUT2D eigenvalue weighted by atomic mass is 32.1. The van der Waals surface area contributed by atoms with E-state index in [1.54, 1.807) is 62.5 Å². The second kappa shape index (κ2) is 26.4. The summed E-state index contributed by atoms with van der Waals surface area (Å²) in [6.07, 6.45) is -4.72. The van der Waals surface area contributed by atoms with Crippen molar-refractivity contribution in [1.29, 1.82) is 0 Å². The van der Waals surface area contributed by atoms with Gasteiger partial charge in [-0.3, -0.25) is 14.4 Å². The van der Waals surface area contributed by atoms with Gasteiger partial charge in [-0.25, -0.2) is 19.2 Å². The van der Waals surface area contributed by atoms with E-state index >= 15 is 0 Å². The number of amides is 3. The minimum Gasteiger partial charge on any atom is -0.454 e. The zero-order chi connectivity index (χ0) is 51.2. The zero-order valence-electron chi connectivity index (χ0n) is 42.6. The summed E-state index contributed by atoms with van der Waals surface area (Å²) >= 11 is 5.89. The van der Waals surface area contributed by atoms with E-state index in [1.165, 1.54) is 42.8 Å². The van der Waals surface area contributed by atoms with E-state index in [0.717, 1.165) is 4.90 Å². The molecule has 3 amide bonds. The highest BCUT2D eigenvalue weighted by Gasteiger charge is 2.42. The molecule has 2 aromatic carbocycles. The lowest BCUT2D eigenvalue weighted by Crippen LogP contribution is -2.54. The van der Waals surface area contributed by atoms with Gasteiger partial charge in [-0.2, -0.15) is 0 Å². The fraction of sp³-hybridized carbons (Fsp3) is 0.615. The third-order valence-corrected chi connectivity index (χ3v) is 12.6. The summed E-state index contributed by atoms with van der Waals surface area (Å²) in [6, 6.07) is 13.3. The Morgan fingerprint density at radius 3 is 1.03 bits per heavy atom. The van der Waals surface area contributed by atoms with Crippen LogP contribution in [0.15, 0.2) is 60.7 Å². The number of rotatable bonds is 12. The SMILES string of the molecule is CC(C)C[C@H]1C(=O)OC(Cc2ccccc2)C(=O)N(C)[C@@H](CC(C)C)C(=O)OC(C)C(=S)N(C)[C@@H](CC(C)C)C(=O)OC(Cc2ccccc2)C(=O)N(C)[C@@H](CC(C)C)C(=O)OC(C)C(=O)N1C. The normalized spacial score (nSPS) is 25.2. The predicted octanol–water partition coefficient (Wildman–Crippen LogP) is 6.47. The van der Waals surface area contributed by atoms with Gasteiger partial charge in [0.2, 0.25) is 0 Å². The van der Waals surface area contributed by atoms with Crippen molar-refractivity contribution in [3.63, 3.8) is 0 Å². The van der Waals surface area contributed by atoms with Gasteiger partial charge in [-0.15, -0.1) is 0 Å². The molecule has 1 aliphatic heterocycles. The highest BCUT2D eigenvalue weighted by molar-refractivity contribution is 7.80. The molecule has 0 aromatic heterocycles. The first-order valence-corrected chi connectivity index (χ1v) is 24.2. The van der Waals surface area contributed by atoms with Gasteiger partial charge in [0.15, 0.2) is 18.3 Å². The number of cyclic esters (lactones) is 4. The Morgan fingerprint density at radius 2 is 0.706 bits per heavy atom. The third-order valence-electron chi connectivity index (χ3n) is 12.0. The van der Waals surface area contributed by atoms with Crippen LogP contribution in [0.3, 0.4) is 0 Å². The Morgan fingerprint density at radius 1 is 0.426 bits per heavy atom. The Hall–Kier alpha value is -5.38. The average Bonchev–Trinajstić information content (AvgIpc) is 3.28. The van der Waals surface area contributed by atoms with Gasteiger partial charge in [0.05, 0.1) is 0 Å². The van der Waals surface area contributed by atoms with Gasteiger partial charge >= 0.3 is 23.9 Å². The van der Waals surface area contributed by atoms with Crippen LogP contribution in [0, 0.1) is 23.7 Å². The van der Waals surface area contributed by atoms with Crippen LogP contribution in [0.1, 0.15) is 106 Å². The monoisotopic (exact) mass is 965 g/mol. The van der Waals surface area contributed by atoms with Gasteiger partial charge in [-0.05, 0) is 74.3 Å². The molecule has 1 aliphatic rings. The smallest absolute Gasteiger partial charge is 0.329 e. The van der Waals surface area contributed by atoms with Crippen molar-refractivity contribution in [2.75, 3.05) is 28.2 Å². The van der Waals surface area contributed by atoms with Crippen LogP contribution in [0.25, 0.3) is 0 Å². The van der Waals surface area contributed by atoms with E-state index in [2.05, 4.69) is 0 Å². The minimum atomic E-state index is -1.43. The van der Waals surface area contributed by atoms with Gasteiger partial charge < -0.3 is 38.5 Å². The number of nitrogens with zero attached hydrogens (tertiary/aromatic N) is 4. The molecule has 0 N–H and O–H groups in total. The summed E-state index contributed by atoms with van der Waals surface area (Å²) in [5, 5.41) is 0. The number of carbonyl (C=O) groups excluding carboxylic acids is 7. The average molecular weight is 965 g/mol. The second-order valence-electron chi connectivity index (χ2n) is 19.8.